The highest BCUT2D eigenvalue weighted by atomic mass is 16.2. The molecule has 1 aromatic heterocycles. The summed E-state index contributed by atoms with van der Waals surface area (Å²) in [6.45, 7) is 2.98. The number of para-hydroxylation sites is 1. The van der Waals surface area contributed by atoms with Gasteiger partial charge in [-0.05, 0) is 58.5 Å². The monoisotopic (exact) mass is 316 g/mol. The van der Waals surface area contributed by atoms with Crippen LogP contribution in [0.15, 0.2) is 30.5 Å². The van der Waals surface area contributed by atoms with Crippen LogP contribution in [0.25, 0.3) is 10.9 Å². The van der Waals surface area contributed by atoms with Gasteiger partial charge in [-0.1, -0.05) is 18.2 Å². The van der Waals surface area contributed by atoms with Crippen LogP contribution >= 0.6 is 0 Å². The molecule has 0 spiro atoms. The smallest absolute Gasteiger partial charge is 0.237 e. The van der Waals surface area contributed by atoms with Crippen molar-refractivity contribution in [3.05, 3.63) is 36.0 Å². The number of carbonyl (C=O) groups excluding carboxylic acids is 1. The van der Waals surface area contributed by atoms with Crippen molar-refractivity contribution in [2.24, 2.45) is 0 Å². The van der Waals surface area contributed by atoms with Gasteiger partial charge in [-0.2, -0.15) is 0 Å². The van der Waals surface area contributed by atoms with Crippen molar-refractivity contribution in [3.8, 4) is 0 Å². The predicted molar refractivity (Wildman–Crippen MR) is 95.6 cm³/mol. The average Bonchev–Trinajstić information content (AvgIpc) is 2.94. The van der Waals surface area contributed by atoms with Crippen LogP contribution < -0.4 is 16.0 Å². The molecule has 1 unspecified atom stereocenters. The van der Waals surface area contributed by atoms with Crippen molar-refractivity contribution >= 4 is 16.8 Å². The summed E-state index contributed by atoms with van der Waals surface area (Å²) in [7, 11) is 3.77. The fourth-order valence-corrected chi connectivity index (χ4v) is 2.91. The summed E-state index contributed by atoms with van der Waals surface area (Å²) < 4.78 is 0. The largest absolute Gasteiger partial charge is 0.361 e. The molecule has 2 rings (SSSR count). The lowest BCUT2D eigenvalue weighted by molar-refractivity contribution is -0.123. The quantitative estimate of drug-likeness (QED) is 0.533. The third kappa shape index (κ3) is 4.81. The lowest BCUT2D eigenvalue weighted by Crippen LogP contribution is -2.46. The Morgan fingerprint density at radius 3 is 2.78 bits per heavy atom. The first kappa shape index (κ1) is 17.5. The summed E-state index contributed by atoms with van der Waals surface area (Å²) in [5.74, 6) is 0.0796. The van der Waals surface area contributed by atoms with Crippen LogP contribution in [-0.4, -0.2) is 43.6 Å². The third-order valence-electron chi connectivity index (χ3n) is 4.17. The maximum Gasteiger partial charge on any atom is 0.237 e. The van der Waals surface area contributed by atoms with E-state index < -0.39 is 0 Å². The van der Waals surface area contributed by atoms with Gasteiger partial charge in [0.15, 0.2) is 0 Å². The van der Waals surface area contributed by atoms with Crippen LogP contribution in [0.3, 0.4) is 0 Å². The maximum atomic E-state index is 12.4. The number of hydrogen-bond acceptors (Lipinski definition) is 3. The minimum Gasteiger partial charge on any atom is -0.361 e. The summed E-state index contributed by atoms with van der Waals surface area (Å²) >= 11 is 0. The fraction of sp³-hybridized carbons (Fsp3) is 0.500. The minimum absolute atomic E-state index is 0.0796. The van der Waals surface area contributed by atoms with Gasteiger partial charge < -0.3 is 20.9 Å². The Morgan fingerprint density at radius 1 is 1.26 bits per heavy atom. The normalized spacial score (nSPS) is 13.9. The first-order valence-corrected chi connectivity index (χ1v) is 8.33. The van der Waals surface area contributed by atoms with Crippen molar-refractivity contribution in [1.29, 1.82) is 0 Å². The minimum atomic E-state index is -0.131. The maximum absolute atomic E-state index is 12.4. The van der Waals surface area contributed by atoms with Gasteiger partial charge in [0, 0.05) is 23.1 Å². The van der Waals surface area contributed by atoms with Crippen molar-refractivity contribution in [3.63, 3.8) is 0 Å². The molecule has 0 aliphatic carbocycles. The van der Waals surface area contributed by atoms with E-state index in [4.69, 9.17) is 0 Å². The second-order valence-corrected chi connectivity index (χ2v) is 6.06. The van der Waals surface area contributed by atoms with Gasteiger partial charge >= 0.3 is 0 Å². The second kappa shape index (κ2) is 8.70. The number of aromatic nitrogens is 1. The Morgan fingerprint density at radius 2 is 2.04 bits per heavy atom. The Bertz CT molecular complexity index is 622. The first-order chi connectivity index (χ1) is 11.2. The van der Waals surface area contributed by atoms with Crippen LogP contribution in [0.4, 0.5) is 0 Å². The summed E-state index contributed by atoms with van der Waals surface area (Å²) in [4.78, 5) is 15.7. The highest BCUT2D eigenvalue weighted by molar-refractivity contribution is 5.84. The average molecular weight is 316 g/mol. The molecule has 2 atom stereocenters. The van der Waals surface area contributed by atoms with Gasteiger partial charge in [0.25, 0.3) is 0 Å². The van der Waals surface area contributed by atoms with Crippen LogP contribution in [-0.2, 0) is 11.2 Å². The van der Waals surface area contributed by atoms with Crippen molar-refractivity contribution in [1.82, 2.24) is 20.9 Å². The Kier molecular flexibility index (Phi) is 6.62. The van der Waals surface area contributed by atoms with Crippen LogP contribution in [0, 0.1) is 0 Å². The molecule has 0 radical (unpaired) electrons. The van der Waals surface area contributed by atoms with Crippen LogP contribution in [0.2, 0.25) is 0 Å². The van der Waals surface area contributed by atoms with Crippen molar-refractivity contribution < 1.29 is 4.79 Å². The van der Waals surface area contributed by atoms with Crippen molar-refractivity contribution in [2.45, 2.75) is 38.3 Å². The number of carbonyl (C=O) groups is 1. The molecular formula is C18H28N4O. The molecule has 0 aliphatic heterocycles. The van der Waals surface area contributed by atoms with E-state index in [-0.39, 0.29) is 18.0 Å². The Hall–Kier alpha value is -1.85. The number of likely N-dealkylation sites (N-methyl/N-ethyl adjacent to an activating group) is 1. The number of aromatic amines is 1. The van der Waals surface area contributed by atoms with Gasteiger partial charge in [-0.15, -0.1) is 0 Å². The number of rotatable bonds is 9. The van der Waals surface area contributed by atoms with E-state index in [2.05, 4.69) is 40.0 Å². The molecule has 0 bridgehead atoms. The summed E-state index contributed by atoms with van der Waals surface area (Å²) in [6.07, 6.45) is 4.67. The molecule has 5 nitrogen and oxygen atoms in total. The zero-order valence-corrected chi connectivity index (χ0v) is 14.3. The molecule has 1 aromatic carbocycles. The predicted octanol–water partition coefficient (Wildman–Crippen LogP) is 1.80. The molecule has 0 fully saturated rings. The van der Waals surface area contributed by atoms with E-state index in [9.17, 15) is 4.79 Å². The van der Waals surface area contributed by atoms with Gasteiger partial charge in [0.05, 0.1) is 6.04 Å². The van der Waals surface area contributed by atoms with E-state index in [1.54, 1.807) is 0 Å². The Labute approximate surface area is 138 Å². The topological polar surface area (TPSA) is 68.9 Å². The molecule has 126 valence electrons. The van der Waals surface area contributed by atoms with Gasteiger partial charge in [0.1, 0.15) is 0 Å². The summed E-state index contributed by atoms with van der Waals surface area (Å²) in [5.41, 5.74) is 2.38. The molecule has 1 heterocycles. The number of hydrogen-bond donors (Lipinski definition) is 4. The van der Waals surface area contributed by atoms with Gasteiger partial charge in [0.2, 0.25) is 5.91 Å². The lowest BCUT2D eigenvalue weighted by Gasteiger charge is -2.20. The third-order valence-corrected chi connectivity index (χ3v) is 4.17. The zero-order chi connectivity index (χ0) is 16.7. The van der Waals surface area contributed by atoms with E-state index in [0.717, 1.165) is 31.3 Å². The summed E-state index contributed by atoms with van der Waals surface area (Å²) in [6, 6.07) is 8.22. The molecule has 2 aromatic rings. The molecule has 0 aliphatic rings. The van der Waals surface area contributed by atoms with E-state index in [0.29, 0.717) is 0 Å². The number of benzene rings is 1. The number of amides is 1. The highest BCUT2D eigenvalue weighted by Crippen LogP contribution is 2.19. The zero-order valence-electron chi connectivity index (χ0n) is 14.3. The number of nitrogens with one attached hydrogen (secondary N) is 4. The standard InChI is InChI=1S/C18H28N4O/c1-13(22-18(23)17(20-3)9-6-10-19-2)11-14-12-21-16-8-5-4-7-15(14)16/h4-5,7-8,12-13,17,19-21H,6,9-11H2,1-3H3,(H,22,23)/t13?,17-/m0/s1. The molecule has 0 saturated carbocycles. The summed E-state index contributed by atoms with van der Waals surface area (Å²) in [5, 5.41) is 10.6. The molecule has 5 heteroatoms. The van der Waals surface area contributed by atoms with E-state index in [1.807, 2.05) is 32.4 Å². The van der Waals surface area contributed by atoms with Crippen LogP contribution in [0.1, 0.15) is 25.3 Å². The van der Waals surface area contributed by atoms with Crippen LogP contribution in [0.5, 0.6) is 0 Å². The van der Waals surface area contributed by atoms with Gasteiger partial charge in [-0.25, -0.2) is 0 Å². The molecule has 0 saturated heterocycles. The first-order valence-electron chi connectivity index (χ1n) is 8.33. The second-order valence-electron chi connectivity index (χ2n) is 6.06. The number of H-pyrrole nitrogens is 1. The molecular weight excluding hydrogens is 288 g/mol. The van der Waals surface area contributed by atoms with Crippen molar-refractivity contribution in [2.75, 3.05) is 20.6 Å². The van der Waals surface area contributed by atoms with E-state index >= 15 is 0 Å². The molecule has 4 N–H and O–H groups in total. The Balaban J connectivity index is 1.90. The molecule has 1 amide bonds. The number of fused-ring (bicyclic) bond motifs is 1. The fourth-order valence-electron chi connectivity index (χ4n) is 2.91. The van der Waals surface area contributed by atoms with E-state index in [1.165, 1.54) is 10.9 Å². The molecule has 23 heavy (non-hydrogen) atoms. The highest BCUT2D eigenvalue weighted by Gasteiger charge is 2.18. The lowest BCUT2D eigenvalue weighted by atomic mass is 10.0. The van der Waals surface area contributed by atoms with Gasteiger partial charge in [-0.3, -0.25) is 4.79 Å². The SMILES string of the molecule is CNCCC[C@H](NC)C(=O)NC(C)Cc1c[nH]c2ccccc12.